The van der Waals surface area contributed by atoms with Gasteiger partial charge in [-0.2, -0.15) is 5.26 Å². The molecule has 0 saturated heterocycles. The predicted molar refractivity (Wildman–Crippen MR) is 128 cm³/mol. The fraction of sp³-hybridized carbons (Fsp3) is 0.240. The molecule has 8 nitrogen and oxygen atoms in total. The summed E-state index contributed by atoms with van der Waals surface area (Å²) >= 11 is 6.41. The summed E-state index contributed by atoms with van der Waals surface area (Å²) in [5.41, 5.74) is 2.69. The van der Waals surface area contributed by atoms with Gasteiger partial charge in [0.15, 0.2) is 17.3 Å². The first-order chi connectivity index (χ1) is 16.3. The molecule has 2 aromatic carbocycles. The van der Waals surface area contributed by atoms with Crippen LogP contribution in [0.1, 0.15) is 22.5 Å². The minimum absolute atomic E-state index is 0.144. The van der Waals surface area contributed by atoms with Crippen molar-refractivity contribution >= 4 is 29.4 Å². The number of halogens is 1. The lowest BCUT2D eigenvalue weighted by atomic mass is 10.1. The Balaban J connectivity index is 1.68. The van der Waals surface area contributed by atoms with E-state index >= 15 is 0 Å². The Bertz CT molecular complexity index is 1260. The second-order valence-electron chi connectivity index (χ2n) is 7.42. The van der Waals surface area contributed by atoms with Crippen LogP contribution in [0, 0.1) is 32.1 Å². The van der Waals surface area contributed by atoms with Crippen LogP contribution in [-0.4, -0.2) is 31.4 Å². The van der Waals surface area contributed by atoms with Crippen LogP contribution in [0.4, 0.5) is 5.82 Å². The summed E-state index contributed by atoms with van der Waals surface area (Å²) in [5.74, 6) is 1.57. The zero-order chi connectivity index (χ0) is 24.7. The van der Waals surface area contributed by atoms with E-state index < -0.39 is 5.91 Å². The molecule has 34 heavy (non-hydrogen) atoms. The van der Waals surface area contributed by atoms with Crippen LogP contribution in [-0.2, 0) is 4.79 Å². The van der Waals surface area contributed by atoms with Gasteiger partial charge in [0.2, 0.25) is 0 Å². The van der Waals surface area contributed by atoms with Crippen LogP contribution >= 0.6 is 11.6 Å². The summed E-state index contributed by atoms with van der Waals surface area (Å²) in [7, 11) is 1.47. The van der Waals surface area contributed by atoms with Crippen LogP contribution in [0.2, 0.25) is 5.02 Å². The first-order valence-electron chi connectivity index (χ1n) is 10.4. The van der Waals surface area contributed by atoms with Gasteiger partial charge in [0.1, 0.15) is 36.4 Å². The van der Waals surface area contributed by atoms with Crippen molar-refractivity contribution < 1.29 is 23.5 Å². The van der Waals surface area contributed by atoms with Gasteiger partial charge in [-0.3, -0.25) is 4.79 Å². The number of benzene rings is 2. The van der Waals surface area contributed by atoms with Crippen molar-refractivity contribution in [1.29, 1.82) is 5.26 Å². The maximum Gasteiger partial charge on any atom is 0.267 e. The monoisotopic (exact) mass is 481 g/mol. The number of ether oxygens (including phenoxy) is 3. The van der Waals surface area contributed by atoms with Crippen molar-refractivity contribution in [2.75, 3.05) is 25.6 Å². The first-order valence-corrected chi connectivity index (χ1v) is 10.8. The molecule has 0 atom stereocenters. The largest absolute Gasteiger partial charge is 0.493 e. The second kappa shape index (κ2) is 11.3. The van der Waals surface area contributed by atoms with Gasteiger partial charge in [0.05, 0.1) is 12.1 Å². The fourth-order valence-electron chi connectivity index (χ4n) is 2.99. The van der Waals surface area contributed by atoms with Crippen molar-refractivity contribution in [3.05, 3.63) is 69.4 Å². The van der Waals surface area contributed by atoms with Gasteiger partial charge in [0.25, 0.3) is 5.91 Å². The van der Waals surface area contributed by atoms with E-state index in [4.69, 9.17) is 30.3 Å². The highest BCUT2D eigenvalue weighted by atomic mass is 35.5. The molecule has 176 valence electrons. The Morgan fingerprint density at radius 1 is 1.15 bits per heavy atom. The third kappa shape index (κ3) is 6.30. The molecule has 0 aliphatic rings. The number of aryl methyl sites for hydroxylation is 3. The molecule has 0 bridgehead atoms. The topological polar surface area (TPSA) is 107 Å². The Morgan fingerprint density at radius 2 is 1.91 bits per heavy atom. The molecule has 0 saturated carbocycles. The van der Waals surface area contributed by atoms with Crippen LogP contribution in [0.25, 0.3) is 6.08 Å². The van der Waals surface area contributed by atoms with Crippen molar-refractivity contribution in [3.63, 3.8) is 0 Å². The van der Waals surface area contributed by atoms with Crippen LogP contribution in [0.15, 0.2) is 46.5 Å². The number of hydrogen-bond donors (Lipinski definition) is 1. The van der Waals surface area contributed by atoms with Gasteiger partial charge in [-0.05, 0) is 67.8 Å². The van der Waals surface area contributed by atoms with Gasteiger partial charge in [-0.15, -0.1) is 0 Å². The SMILES string of the molecule is COc1cc(/C=C(/C#N)C(=O)Nc2cc(C)on2)cc(Cl)c1OCCOc1ccc(C)c(C)c1. The van der Waals surface area contributed by atoms with E-state index in [9.17, 15) is 10.1 Å². The number of nitrogens with one attached hydrogen (secondary N) is 1. The van der Waals surface area contributed by atoms with E-state index in [-0.39, 0.29) is 23.0 Å². The molecule has 0 unspecified atom stereocenters. The number of hydrogen-bond acceptors (Lipinski definition) is 7. The summed E-state index contributed by atoms with van der Waals surface area (Å²) in [6, 6.07) is 12.5. The molecular formula is C25H24ClN3O5. The molecule has 0 aliphatic heterocycles. The van der Waals surface area contributed by atoms with Crippen molar-refractivity contribution in [1.82, 2.24) is 5.16 Å². The molecule has 0 spiro atoms. The lowest BCUT2D eigenvalue weighted by Crippen LogP contribution is -2.13. The van der Waals surface area contributed by atoms with E-state index in [1.807, 2.05) is 38.1 Å². The number of amides is 1. The minimum Gasteiger partial charge on any atom is -0.493 e. The van der Waals surface area contributed by atoms with E-state index in [0.29, 0.717) is 29.4 Å². The normalized spacial score (nSPS) is 11.0. The van der Waals surface area contributed by atoms with E-state index in [2.05, 4.69) is 10.5 Å². The number of anilines is 1. The van der Waals surface area contributed by atoms with Gasteiger partial charge < -0.3 is 24.1 Å². The van der Waals surface area contributed by atoms with E-state index in [1.165, 1.54) is 18.7 Å². The molecule has 3 rings (SSSR count). The summed E-state index contributed by atoms with van der Waals surface area (Å²) < 4.78 is 21.8. The summed E-state index contributed by atoms with van der Waals surface area (Å²) in [6.07, 6.45) is 1.39. The smallest absolute Gasteiger partial charge is 0.267 e. The lowest BCUT2D eigenvalue weighted by Gasteiger charge is -2.14. The number of nitrogens with zero attached hydrogens (tertiary/aromatic N) is 2. The van der Waals surface area contributed by atoms with E-state index in [1.54, 1.807) is 25.1 Å². The summed E-state index contributed by atoms with van der Waals surface area (Å²) in [6.45, 7) is 6.30. The number of carbonyl (C=O) groups excluding carboxylic acids is 1. The minimum atomic E-state index is -0.630. The molecule has 0 aliphatic carbocycles. The molecule has 1 aromatic heterocycles. The molecule has 9 heteroatoms. The third-order valence-corrected chi connectivity index (χ3v) is 5.16. The van der Waals surface area contributed by atoms with Crippen molar-refractivity contribution in [2.45, 2.75) is 20.8 Å². The first kappa shape index (κ1) is 24.7. The zero-order valence-electron chi connectivity index (χ0n) is 19.3. The van der Waals surface area contributed by atoms with Crippen LogP contribution in [0.3, 0.4) is 0 Å². The highest BCUT2D eigenvalue weighted by Gasteiger charge is 2.15. The highest BCUT2D eigenvalue weighted by molar-refractivity contribution is 6.32. The molecular weight excluding hydrogens is 458 g/mol. The van der Waals surface area contributed by atoms with Gasteiger partial charge in [-0.1, -0.05) is 22.8 Å². The molecule has 1 heterocycles. The Kier molecular flexibility index (Phi) is 8.17. The standard InChI is InChI=1S/C25H24ClN3O5/c1-15-5-6-20(9-16(15)2)32-7-8-33-24-21(26)12-18(13-22(24)31-4)11-19(14-27)25(30)28-23-10-17(3)34-29-23/h5-6,9-13H,7-8H2,1-4H3,(H,28,29,30)/b19-11-. The third-order valence-electron chi connectivity index (χ3n) is 4.87. The van der Waals surface area contributed by atoms with Crippen LogP contribution < -0.4 is 19.5 Å². The maximum atomic E-state index is 12.4. The van der Waals surface area contributed by atoms with E-state index in [0.717, 1.165) is 11.3 Å². The highest BCUT2D eigenvalue weighted by Crippen LogP contribution is 2.37. The Morgan fingerprint density at radius 3 is 2.56 bits per heavy atom. The number of rotatable bonds is 9. The van der Waals surface area contributed by atoms with Crippen molar-refractivity contribution in [3.8, 4) is 23.3 Å². The Hall–Kier alpha value is -3.96. The molecule has 1 amide bonds. The quantitative estimate of drug-likeness (QED) is 0.252. The van der Waals surface area contributed by atoms with Gasteiger partial charge in [0, 0.05) is 6.07 Å². The molecule has 0 fully saturated rings. The van der Waals surface area contributed by atoms with Crippen LogP contribution in [0.5, 0.6) is 17.2 Å². The van der Waals surface area contributed by atoms with Gasteiger partial charge in [-0.25, -0.2) is 0 Å². The zero-order valence-corrected chi connectivity index (χ0v) is 20.0. The second-order valence-corrected chi connectivity index (χ2v) is 7.83. The Labute approximate surface area is 202 Å². The summed E-state index contributed by atoms with van der Waals surface area (Å²) in [4.78, 5) is 12.4. The summed E-state index contributed by atoms with van der Waals surface area (Å²) in [5, 5.41) is 15.9. The van der Waals surface area contributed by atoms with Crippen molar-refractivity contribution in [2.24, 2.45) is 0 Å². The predicted octanol–water partition coefficient (Wildman–Crippen LogP) is 5.27. The molecule has 1 N–H and O–H groups in total. The average molecular weight is 482 g/mol. The molecule has 3 aromatic rings. The molecule has 0 radical (unpaired) electrons. The maximum absolute atomic E-state index is 12.4. The van der Waals surface area contributed by atoms with Gasteiger partial charge >= 0.3 is 0 Å². The number of nitriles is 1. The number of carbonyl (C=O) groups is 1. The fourth-order valence-corrected chi connectivity index (χ4v) is 3.27. The lowest BCUT2D eigenvalue weighted by molar-refractivity contribution is -0.112. The number of aromatic nitrogens is 1. The average Bonchev–Trinajstić information content (AvgIpc) is 3.22. The number of methoxy groups -OCH3 is 1.